The van der Waals surface area contributed by atoms with Gasteiger partial charge in [0.2, 0.25) is 6.08 Å². The number of rotatable bonds is 8. The third-order valence-electron chi connectivity index (χ3n) is 2.03. The highest BCUT2D eigenvalue weighted by Crippen LogP contribution is 2.07. The molecule has 0 aromatic heterocycles. The maximum atomic E-state index is 10.5. The number of carboxylic acids is 1. The number of nitrogens with zero attached hydrogens (tertiary/aromatic N) is 1. The van der Waals surface area contributed by atoms with Gasteiger partial charge < -0.3 is 5.11 Å². The molecule has 84 valence electrons. The van der Waals surface area contributed by atoms with Gasteiger partial charge in [-0.05, 0) is 12.8 Å². The van der Waals surface area contributed by atoms with E-state index in [1.165, 1.54) is 31.4 Å². The normalized spacial score (nSPS) is 10.9. The molecule has 0 aromatic carbocycles. The van der Waals surface area contributed by atoms with Gasteiger partial charge in [0.1, 0.15) is 0 Å². The summed E-state index contributed by atoms with van der Waals surface area (Å²) >= 11 is 0. The van der Waals surface area contributed by atoms with Gasteiger partial charge in [-0.25, -0.2) is 9.59 Å². The van der Waals surface area contributed by atoms with E-state index < -0.39 is 5.97 Å². The van der Waals surface area contributed by atoms with Crippen molar-refractivity contribution in [2.45, 2.75) is 45.4 Å². The summed E-state index contributed by atoms with van der Waals surface area (Å²) in [5.74, 6) is -1.17. The van der Waals surface area contributed by atoms with E-state index in [2.05, 4.69) is 11.9 Å². The molecular weight excluding hydrogens is 194 g/mol. The molecule has 0 atom stereocenters. The predicted octanol–water partition coefficient (Wildman–Crippen LogP) is 2.65. The molecular formula is C11H17NO3. The second-order valence-electron chi connectivity index (χ2n) is 3.30. The molecule has 15 heavy (non-hydrogen) atoms. The first-order chi connectivity index (χ1) is 7.22. The topological polar surface area (TPSA) is 66.7 Å². The summed E-state index contributed by atoms with van der Waals surface area (Å²) in [5, 5.41) is 8.60. The average molecular weight is 211 g/mol. The number of allylic oxidation sites excluding steroid dienone is 1. The molecule has 4 heteroatoms. The second-order valence-corrected chi connectivity index (χ2v) is 3.30. The van der Waals surface area contributed by atoms with E-state index >= 15 is 0 Å². The molecule has 0 aliphatic heterocycles. The van der Waals surface area contributed by atoms with Crippen LogP contribution in [-0.2, 0) is 9.59 Å². The van der Waals surface area contributed by atoms with Crippen molar-refractivity contribution in [3.8, 4) is 0 Å². The zero-order valence-corrected chi connectivity index (χ0v) is 9.03. The molecule has 4 nitrogen and oxygen atoms in total. The van der Waals surface area contributed by atoms with Crippen molar-refractivity contribution >= 4 is 12.0 Å². The highest BCUT2D eigenvalue weighted by Gasteiger charge is 2.03. The zero-order valence-electron chi connectivity index (χ0n) is 9.03. The molecule has 0 rings (SSSR count). The fourth-order valence-electron chi connectivity index (χ4n) is 1.22. The van der Waals surface area contributed by atoms with Crippen molar-refractivity contribution in [3.63, 3.8) is 0 Å². The summed E-state index contributed by atoms with van der Waals surface area (Å²) in [6, 6.07) is 0. The summed E-state index contributed by atoms with van der Waals surface area (Å²) in [7, 11) is 0. The second kappa shape index (κ2) is 9.16. The van der Waals surface area contributed by atoms with Crippen LogP contribution in [0.25, 0.3) is 0 Å². The van der Waals surface area contributed by atoms with Crippen LogP contribution >= 0.6 is 0 Å². The van der Waals surface area contributed by atoms with Crippen molar-refractivity contribution in [3.05, 3.63) is 11.8 Å². The Hall–Kier alpha value is -1.41. The summed E-state index contributed by atoms with van der Waals surface area (Å²) < 4.78 is 0. The maximum absolute atomic E-state index is 10.5. The monoisotopic (exact) mass is 211 g/mol. The molecule has 0 unspecified atom stereocenters. The minimum Gasteiger partial charge on any atom is -0.476 e. The first-order valence-corrected chi connectivity index (χ1v) is 5.23. The third kappa shape index (κ3) is 7.65. The fraction of sp³-hybridized carbons (Fsp3) is 0.636. The summed E-state index contributed by atoms with van der Waals surface area (Å²) in [6.45, 7) is 2.14. The molecule has 1 N–H and O–H groups in total. The molecule has 0 aliphatic rings. The summed E-state index contributed by atoms with van der Waals surface area (Å²) in [4.78, 5) is 23.5. The van der Waals surface area contributed by atoms with Crippen molar-refractivity contribution in [1.29, 1.82) is 0 Å². The average Bonchev–Trinajstić information content (AvgIpc) is 2.21. The Balaban J connectivity index is 3.81. The van der Waals surface area contributed by atoms with E-state index in [1.54, 1.807) is 0 Å². The smallest absolute Gasteiger partial charge is 0.355 e. The van der Waals surface area contributed by atoms with E-state index in [0.717, 1.165) is 12.8 Å². The van der Waals surface area contributed by atoms with Crippen LogP contribution in [0, 0.1) is 0 Å². The molecule has 0 amide bonds. The summed E-state index contributed by atoms with van der Waals surface area (Å²) in [6.07, 6.45) is 8.94. The van der Waals surface area contributed by atoms with E-state index in [9.17, 15) is 9.59 Å². The minimum absolute atomic E-state index is 0.208. The number of hydrogen-bond donors (Lipinski definition) is 1. The first kappa shape index (κ1) is 13.6. The van der Waals surface area contributed by atoms with Crippen LogP contribution in [0.15, 0.2) is 16.8 Å². The van der Waals surface area contributed by atoms with Gasteiger partial charge in [-0.3, -0.25) is 0 Å². The quantitative estimate of drug-likeness (QED) is 0.290. The van der Waals surface area contributed by atoms with Crippen LogP contribution in [0.5, 0.6) is 0 Å². The molecule has 0 spiro atoms. The molecule has 0 heterocycles. The number of unbranched alkanes of at least 4 members (excludes halogenated alkanes) is 5. The number of carboxylic acid groups (broad SMARTS) is 1. The van der Waals surface area contributed by atoms with Crippen molar-refractivity contribution in [2.24, 2.45) is 4.99 Å². The molecule has 0 aliphatic carbocycles. The number of aliphatic imine (C=N–C) groups is 1. The van der Waals surface area contributed by atoms with Gasteiger partial charge in [-0.15, -0.1) is 0 Å². The number of aliphatic carboxylic acids is 1. The van der Waals surface area contributed by atoms with Gasteiger partial charge in [-0.1, -0.05) is 38.7 Å². The van der Waals surface area contributed by atoms with Gasteiger partial charge in [0.15, 0.2) is 5.70 Å². The minimum atomic E-state index is -1.17. The maximum Gasteiger partial charge on any atom is 0.355 e. The van der Waals surface area contributed by atoms with Crippen molar-refractivity contribution < 1.29 is 14.7 Å². The lowest BCUT2D eigenvalue weighted by Crippen LogP contribution is -1.97. The van der Waals surface area contributed by atoms with Crippen LogP contribution in [-0.4, -0.2) is 17.2 Å². The molecule has 0 aromatic rings. The van der Waals surface area contributed by atoms with Gasteiger partial charge in [0, 0.05) is 0 Å². The van der Waals surface area contributed by atoms with E-state index in [1.807, 2.05) is 0 Å². The van der Waals surface area contributed by atoms with Crippen molar-refractivity contribution in [2.75, 3.05) is 0 Å². The Morgan fingerprint density at radius 2 is 2.00 bits per heavy atom. The van der Waals surface area contributed by atoms with Crippen molar-refractivity contribution in [1.82, 2.24) is 0 Å². The molecule has 0 fully saturated rings. The molecule has 0 saturated carbocycles. The SMILES string of the molecule is CCCCCCC/C=C(/N=C=O)C(=O)O. The zero-order chi connectivity index (χ0) is 11.5. The molecule has 0 bridgehead atoms. The fourth-order valence-corrected chi connectivity index (χ4v) is 1.22. The van der Waals surface area contributed by atoms with Gasteiger partial charge in [0.05, 0.1) is 0 Å². The Labute approximate surface area is 89.7 Å². The predicted molar refractivity (Wildman–Crippen MR) is 57.2 cm³/mol. The van der Waals surface area contributed by atoms with Gasteiger partial charge >= 0.3 is 5.97 Å². The number of hydrogen-bond acceptors (Lipinski definition) is 3. The molecule has 0 radical (unpaired) electrons. The lowest BCUT2D eigenvalue weighted by Gasteiger charge is -1.96. The van der Waals surface area contributed by atoms with Crippen LogP contribution in [0.1, 0.15) is 45.4 Å². The molecule has 0 saturated heterocycles. The number of isocyanates is 1. The van der Waals surface area contributed by atoms with Gasteiger partial charge in [-0.2, -0.15) is 4.99 Å². The summed E-state index contributed by atoms with van der Waals surface area (Å²) in [5.41, 5.74) is -0.208. The third-order valence-corrected chi connectivity index (χ3v) is 2.03. The standard InChI is InChI=1S/C11H17NO3/c1-2-3-4-5-6-7-8-10(11(14)15)12-9-13/h8H,2-7H2,1H3,(H,14,15)/b10-8+. The first-order valence-electron chi connectivity index (χ1n) is 5.23. The van der Waals surface area contributed by atoms with Crippen LogP contribution < -0.4 is 0 Å². The Morgan fingerprint density at radius 1 is 1.33 bits per heavy atom. The largest absolute Gasteiger partial charge is 0.476 e. The lowest BCUT2D eigenvalue weighted by molar-refractivity contribution is -0.132. The van der Waals surface area contributed by atoms with E-state index in [0.29, 0.717) is 6.42 Å². The van der Waals surface area contributed by atoms with Crippen LogP contribution in [0.2, 0.25) is 0 Å². The van der Waals surface area contributed by atoms with Crippen LogP contribution in [0.4, 0.5) is 0 Å². The van der Waals surface area contributed by atoms with E-state index in [4.69, 9.17) is 5.11 Å². The lowest BCUT2D eigenvalue weighted by atomic mass is 10.1. The Kier molecular flexibility index (Phi) is 8.30. The van der Waals surface area contributed by atoms with Gasteiger partial charge in [0.25, 0.3) is 0 Å². The van der Waals surface area contributed by atoms with E-state index in [-0.39, 0.29) is 5.70 Å². The highest BCUT2D eigenvalue weighted by molar-refractivity contribution is 5.87. The number of carbonyl (C=O) groups is 1. The van der Waals surface area contributed by atoms with Crippen LogP contribution in [0.3, 0.4) is 0 Å². The highest BCUT2D eigenvalue weighted by atomic mass is 16.4. The Bertz CT molecular complexity index is 261. The Morgan fingerprint density at radius 3 is 2.53 bits per heavy atom. The number of carbonyl (C=O) groups excluding carboxylic acids is 1.